The number of nitrogens with one attached hydrogen (secondary N) is 1. The fourth-order valence-electron chi connectivity index (χ4n) is 3.32. The average molecular weight is 483 g/mol. The molecule has 2 rings (SSSR count). The predicted molar refractivity (Wildman–Crippen MR) is 139 cm³/mol. The Balaban J connectivity index is 1.90. The molecule has 7 nitrogen and oxygen atoms in total. The Kier molecular flexibility index (Phi) is 13.0. The fraction of sp³-hybridized carbons (Fsp3) is 0.464. The summed E-state index contributed by atoms with van der Waals surface area (Å²) in [5.74, 6) is 0.856. The molecule has 0 aliphatic carbocycles. The molecule has 0 spiro atoms. The minimum Gasteiger partial charge on any atom is -0.494 e. The summed E-state index contributed by atoms with van der Waals surface area (Å²) >= 11 is 0. The molecule has 0 atom stereocenters. The first-order chi connectivity index (χ1) is 17.1. The first-order valence-electron chi connectivity index (χ1n) is 12.6. The molecular weight excluding hydrogens is 444 g/mol. The molecule has 7 heteroatoms. The summed E-state index contributed by atoms with van der Waals surface area (Å²) < 4.78 is 16.8. The highest BCUT2D eigenvalue weighted by atomic mass is 16.6. The van der Waals surface area contributed by atoms with Crippen LogP contribution in [-0.4, -0.2) is 31.3 Å². The largest absolute Gasteiger partial charge is 0.494 e. The molecular formula is C28H38N2O5. The van der Waals surface area contributed by atoms with Crippen molar-refractivity contribution in [2.75, 3.05) is 13.2 Å². The monoisotopic (exact) mass is 482 g/mol. The SMILES string of the molecule is CCCCCCCCC(=O)NN=Cc1ccc(OC(=O)c2ccc(OCCC)cc2)c(OCC)c1. The number of carbonyl (C=O) groups is 2. The molecule has 0 heterocycles. The van der Waals surface area contributed by atoms with Crippen molar-refractivity contribution in [2.24, 2.45) is 5.10 Å². The smallest absolute Gasteiger partial charge is 0.343 e. The van der Waals surface area contributed by atoms with E-state index in [0.29, 0.717) is 48.0 Å². The number of hydrazone groups is 1. The summed E-state index contributed by atoms with van der Waals surface area (Å²) in [5.41, 5.74) is 3.69. The quantitative estimate of drug-likeness (QED) is 0.0998. The fourth-order valence-corrected chi connectivity index (χ4v) is 3.32. The number of carbonyl (C=O) groups excluding carboxylic acids is 2. The van der Waals surface area contributed by atoms with E-state index >= 15 is 0 Å². The second kappa shape index (κ2) is 16.3. The van der Waals surface area contributed by atoms with Crippen molar-refractivity contribution >= 4 is 18.1 Å². The zero-order valence-electron chi connectivity index (χ0n) is 21.2. The standard InChI is InChI=1S/C28H38N2O5/c1-4-7-8-9-10-11-12-27(31)30-29-21-22-13-18-25(26(20-22)33-6-3)35-28(32)23-14-16-24(17-15-23)34-19-5-2/h13-18,20-21H,4-12,19H2,1-3H3,(H,30,31). The zero-order valence-corrected chi connectivity index (χ0v) is 21.2. The number of hydrogen-bond acceptors (Lipinski definition) is 6. The molecule has 190 valence electrons. The lowest BCUT2D eigenvalue weighted by atomic mass is 10.1. The maximum atomic E-state index is 12.6. The van der Waals surface area contributed by atoms with Gasteiger partial charge in [0.1, 0.15) is 5.75 Å². The third-order valence-electron chi connectivity index (χ3n) is 5.19. The number of amides is 1. The van der Waals surface area contributed by atoms with Crippen LogP contribution in [0, 0.1) is 0 Å². The van der Waals surface area contributed by atoms with Gasteiger partial charge in [0, 0.05) is 6.42 Å². The number of benzene rings is 2. The van der Waals surface area contributed by atoms with Crippen molar-refractivity contribution in [1.29, 1.82) is 0 Å². The molecule has 0 unspecified atom stereocenters. The van der Waals surface area contributed by atoms with Crippen LogP contribution >= 0.6 is 0 Å². The van der Waals surface area contributed by atoms with Crippen molar-refractivity contribution in [1.82, 2.24) is 5.43 Å². The summed E-state index contributed by atoms with van der Waals surface area (Å²) in [7, 11) is 0. The van der Waals surface area contributed by atoms with Gasteiger partial charge in [0.15, 0.2) is 11.5 Å². The van der Waals surface area contributed by atoms with Crippen LogP contribution in [0.1, 0.15) is 88.1 Å². The van der Waals surface area contributed by atoms with Gasteiger partial charge < -0.3 is 14.2 Å². The van der Waals surface area contributed by atoms with E-state index in [9.17, 15) is 9.59 Å². The maximum Gasteiger partial charge on any atom is 0.343 e. The zero-order chi connectivity index (χ0) is 25.3. The van der Waals surface area contributed by atoms with Gasteiger partial charge in [0.05, 0.1) is 25.0 Å². The molecule has 0 fully saturated rings. The highest BCUT2D eigenvalue weighted by molar-refractivity contribution is 5.91. The van der Waals surface area contributed by atoms with Crippen molar-refractivity contribution in [3.05, 3.63) is 53.6 Å². The number of esters is 1. The van der Waals surface area contributed by atoms with Crippen LogP contribution in [0.4, 0.5) is 0 Å². The molecule has 2 aromatic carbocycles. The van der Waals surface area contributed by atoms with E-state index in [1.54, 1.807) is 48.7 Å². The number of rotatable bonds is 16. The van der Waals surface area contributed by atoms with Gasteiger partial charge in [0.2, 0.25) is 5.91 Å². The number of nitrogens with zero attached hydrogens (tertiary/aromatic N) is 1. The molecule has 0 radical (unpaired) electrons. The van der Waals surface area contributed by atoms with Gasteiger partial charge in [-0.1, -0.05) is 46.0 Å². The first-order valence-corrected chi connectivity index (χ1v) is 12.6. The lowest BCUT2D eigenvalue weighted by Crippen LogP contribution is -2.16. The van der Waals surface area contributed by atoms with Gasteiger partial charge >= 0.3 is 5.97 Å². The van der Waals surface area contributed by atoms with Gasteiger partial charge in [-0.3, -0.25) is 4.79 Å². The minimum atomic E-state index is -0.489. The number of unbranched alkanes of at least 4 members (excludes halogenated alkanes) is 5. The van der Waals surface area contributed by atoms with E-state index in [0.717, 1.165) is 19.3 Å². The van der Waals surface area contributed by atoms with Gasteiger partial charge in [-0.25, -0.2) is 10.2 Å². The van der Waals surface area contributed by atoms with Gasteiger partial charge in [-0.2, -0.15) is 5.10 Å². The molecule has 2 aromatic rings. The highest BCUT2D eigenvalue weighted by Crippen LogP contribution is 2.29. The highest BCUT2D eigenvalue weighted by Gasteiger charge is 2.13. The summed E-state index contributed by atoms with van der Waals surface area (Å²) in [6, 6.07) is 12.0. The molecule has 35 heavy (non-hydrogen) atoms. The van der Waals surface area contributed by atoms with Crippen molar-refractivity contribution in [3.8, 4) is 17.2 Å². The number of hydrogen-bond donors (Lipinski definition) is 1. The van der Waals surface area contributed by atoms with Gasteiger partial charge in [-0.05, 0) is 67.8 Å². The van der Waals surface area contributed by atoms with Crippen molar-refractivity contribution < 1.29 is 23.8 Å². The van der Waals surface area contributed by atoms with E-state index < -0.39 is 5.97 Å². The van der Waals surface area contributed by atoms with Gasteiger partial charge in [-0.15, -0.1) is 0 Å². The lowest BCUT2D eigenvalue weighted by Gasteiger charge is -2.12. The molecule has 0 aromatic heterocycles. The number of ether oxygens (including phenoxy) is 3. The normalized spacial score (nSPS) is 10.8. The lowest BCUT2D eigenvalue weighted by molar-refractivity contribution is -0.121. The third-order valence-corrected chi connectivity index (χ3v) is 5.19. The van der Waals surface area contributed by atoms with E-state index in [2.05, 4.69) is 17.5 Å². The van der Waals surface area contributed by atoms with E-state index in [1.165, 1.54) is 25.7 Å². The van der Waals surface area contributed by atoms with Crippen molar-refractivity contribution in [3.63, 3.8) is 0 Å². The molecule has 0 saturated heterocycles. The summed E-state index contributed by atoms with van der Waals surface area (Å²) in [6.45, 7) is 7.10. The Labute approximate surface area is 208 Å². The predicted octanol–water partition coefficient (Wildman–Crippen LogP) is 6.29. The Morgan fingerprint density at radius 2 is 1.60 bits per heavy atom. The van der Waals surface area contributed by atoms with Crippen LogP contribution in [0.3, 0.4) is 0 Å². The van der Waals surface area contributed by atoms with Crippen LogP contribution in [0.15, 0.2) is 47.6 Å². The minimum absolute atomic E-state index is 0.0987. The Hall–Kier alpha value is -3.35. The summed E-state index contributed by atoms with van der Waals surface area (Å²) in [6.07, 6.45) is 9.71. The molecule has 0 aliphatic rings. The molecule has 0 bridgehead atoms. The van der Waals surface area contributed by atoms with Crippen LogP contribution in [-0.2, 0) is 4.79 Å². The van der Waals surface area contributed by atoms with E-state index in [4.69, 9.17) is 14.2 Å². The summed E-state index contributed by atoms with van der Waals surface area (Å²) in [5, 5.41) is 4.04. The van der Waals surface area contributed by atoms with Gasteiger partial charge in [0.25, 0.3) is 0 Å². The maximum absolute atomic E-state index is 12.6. The molecule has 1 amide bonds. The summed E-state index contributed by atoms with van der Waals surface area (Å²) in [4.78, 5) is 24.6. The Bertz CT molecular complexity index is 941. The second-order valence-electron chi connectivity index (χ2n) is 8.21. The second-order valence-corrected chi connectivity index (χ2v) is 8.21. The molecule has 1 N–H and O–H groups in total. The topological polar surface area (TPSA) is 86.2 Å². The van der Waals surface area contributed by atoms with Crippen LogP contribution < -0.4 is 19.6 Å². The van der Waals surface area contributed by atoms with Crippen molar-refractivity contribution in [2.45, 2.75) is 72.1 Å². The Morgan fingerprint density at radius 1 is 0.857 bits per heavy atom. The van der Waals surface area contributed by atoms with Crippen LogP contribution in [0.25, 0.3) is 0 Å². The molecule has 0 aliphatic heterocycles. The average Bonchev–Trinajstić information content (AvgIpc) is 2.86. The van der Waals surface area contributed by atoms with E-state index in [-0.39, 0.29) is 5.91 Å². The van der Waals surface area contributed by atoms with E-state index in [1.807, 2.05) is 13.8 Å². The Morgan fingerprint density at radius 3 is 2.31 bits per heavy atom. The van der Waals surface area contributed by atoms with Crippen LogP contribution in [0.5, 0.6) is 17.2 Å². The van der Waals surface area contributed by atoms with Crippen LogP contribution in [0.2, 0.25) is 0 Å². The third kappa shape index (κ3) is 10.6. The first kappa shape index (κ1) is 27.9. The molecule has 0 saturated carbocycles.